The fourth-order valence-corrected chi connectivity index (χ4v) is 1.67. The monoisotopic (exact) mass is 172 g/mol. The standard InChI is InChI=1S/C10H20O2/c1-10(2,8-11)12-9-6-4-3-5-7-9/h9,11H,3-8H2,1-2H3. The van der Waals surface area contributed by atoms with Crippen molar-refractivity contribution in [3.8, 4) is 0 Å². The first-order valence-corrected chi connectivity index (χ1v) is 4.93. The number of ether oxygens (including phenoxy) is 1. The van der Waals surface area contributed by atoms with Gasteiger partial charge in [0.05, 0.1) is 18.3 Å². The Labute approximate surface area is 74.9 Å². The van der Waals surface area contributed by atoms with Crippen LogP contribution in [0.4, 0.5) is 0 Å². The van der Waals surface area contributed by atoms with Gasteiger partial charge in [-0.2, -0.15) is 0 Å². The highest BCUT2D eigenvalue weighted by Crippen LogP contribution is 2.24. The van der Waals surface area contributed by atoms with Crippen molar-refractivity contribution in [1.82, 2.24) is 0 Å². The summed E-state index contributed by atoms with van der Waals surface area (Å²) in [6, 6.07) is 0. The zero-order chi connectivity index (χ0) is 9.03. The predicted molar refractivity (Wildman–Crippen MR) is 49.1 cm³/mol. The highest BCUT2D eigenvalue weighted by molar-refractivity contribution is 4.73. The fourth-order valence-electron chi connectivity index (χ4n) is 1.67. The molecule has 0 aromatic rings. The first kappa shape index (κ1) is 10.0. The van der Waals surface area contributed by atoms with Gasteiger partial charge in [-0.3, -0.25) is 0 Å². The molecule has 1 rings (SSSR count). The van der Waals surface area contributed by atoms with E-state index in [2.05, 4.69) is 0 Å². The van der Waals surface area contributed by atoms with Gasteiger partial charge in [-0.25, -0.2) is 0 Å². The first-order valence-electron chi connectivity index (χ1n) is 4.93. The Bertz CT molecular complexity index is 126. The molecule has 1 aliphatic carbocycles. The van der Waals surface area contributed by atoms with Crippen LogP contribution in [0.15, 0.2) is 0 Å². The summed E-state index contributed by atoms with van der Waals surface area (Å²) >= 11 is 0. The Kier molecular flexibility index (Phi) is 3.53. The van der Waals surface area contributed by atoms with Crippen LogP contribution in [0.1, 0.15) is 46.0 Å². The van der Waals surface area contributed by atoms with E-state index in [1.807, 2.05) is 13.8 Å². The molecule has 0 aromatic heterocycles. The van der Waals surface area contributed by atoms with Crippen molar-refractivity contribution in [2.45, 2.75) is 57.7 Å². The van der Waals surface area contributed by atoms with E-state index < -0.39 is 0 Å². The van der Waals surface area contributed by atoms with Crippen LogP contribution in [0.2, 0.25) is 0 Å². The van der Waals surface area contributed by atoms with Crippen molar-refractivity contribution in [1.29, 1.82) is 0 Å². The Balaban J connectivity index is 2.28. The van der Waals surface area contributed by atoms with Crippen molar-refractivity contribution in [2.75, 3.05) is 6.61 Å². The van der Waals surface area contributed by atoms with Crippen molar-refractivity contribution in [2.24, 2.45) is 0 Å². The second-order valence-corrected chi connectivity index (χ2v) is 4.30. The molecule has 0 bridgehead atoms. The average Bonchev–Trinajstić information content (AvgIpc) is 2.06. The third-order valence-corrected chi connectivity index (χ3v) is 2.42. The minimum atomic E-state index is -0.345. The molecule has 0 aliphatic heterocycles. The summed E-state index contributed by atoms with van der Waals surface area (Å²) in [5, 5.41) is 9.00. The van der Waals surface area contributed by atoms with Crippen LogP contribution >= 0.6 is 0 Å². The number of hydrogen-bond donors (Lipinski definition) is 1. The lowest BCUT2D eigenvalue weighted by molar-refractivity contribution is -0.108. The molecule has 0 radical (unpaired) electrons. The minimum absolute atomic E-state index is 0.115. The molecule has 0 spiro atoms. The van der Waals surface area contributed by atoms with Crippen molar-refractivity contribution < 1.29 is 9.84 Å². The van der Waals surface area contributed by atoms with Crippen LogP contribution in [0.5, 0.6) is 0 Å². The number of rotatable bonds is 3. The number of aliphatic hydroxyl groups is 1. The molecule has 1 N–H and O–H groups in total. The molecular formula is C10H20O2. The minimum Gasteiger partial charge on any atom is -0.393 e. The van der Waals surface area contributed by atoms with Gasteiger partial charge in [-0.15, -0.1) is 0 Å². The highest BCUT2D eigenvalue weighted by atomic mass is 16.5. The molecule has 0 unspecified atom stereocenters. The molecule has 1 saturated carbocycles. The molecule has 2 heteroatoms. The molecule has 2 nitrogen and oxygen atoms in total. The number of aliphatic hydroxyl groups excluding tert-OH is 1. The Morgan fingerprint density at radius 2 is 1.83 bits per heavy atom. The molecule has 0 saturated heterocycles. The lowest BCUT2D eigenvalue weighted by Gasteiger charge is -2.31. The number of hydrogen-bond acceptors (Lipinski definition) is 2. The van der Waals surface area contributed by atoms with Gasteiger partial charge in [-0.05, 0) is 26.7 Å². The lowest BCUT2D eigenvalue weighted by atomic mass is 9.97. The van der Waals surface area contributed by atoms with E-state index in [-0.39, 0.29) is 12.2 Å². The molecule has 0 aromatic carbocycles. The van der Waals surface area contributed by atoms with E-state index in [0.717, 1.165) is 0 Å². The quantitative estimate of drug-likeness (QED) is 0.706. The predicted octanol–water partition coefficient (Wildman–Crippen LogP) is 2.11. The molecule has 0 amide bonds. The lowest BCUT2D eigenvalue weighted by Crippen LogP contribution is -2.35. The zero-order valence-electron chi connectivity index (χ0n) is 8.18. The van der Waals surface area contributed by atoms with Crippen LogP contribution in [-0.4, -0.2) is 23.4 Å². The van der Waals surface area contributed by atoms with Gasteiger partial charge in [0, 0.05) is 0 Å². The van der Waals surface area contributed by atoms with Gasteiger partial charge in [0.25, 0.3) is 0 Å². The summed E-state index contributed by atoms with van der Waals surface area (Å²) in [5.41, 5.74) is -0.345. The SMILES string of the molecule is CC(C)(CO)OC1CCCCC1. The van der Waals surface area contributed by atoms with E-state index in [1.165, 1.54) is 32.1 Å². The van der Waals surface area contributed by atoms with Crippen LogP contribution in [0.25, 0.3) is 0 Å². The molecular weight excluding hydrogens is 152 g/mol. The Morgan fingerprint density at radius 3 is 2.33 bits per heavy atom. The summed E-state index contributed by atoms with van der Waals surface area (Å²) in [5.74, 6) is 0. The van der Waals surface area contributed by atoms with Crippen molar-refractivity contribution >= 4 is 0 Å². The highest BCUT2D eigenvalue weighted by Gasteiger charge is 2.23. The molecule has 72 valence electrons. The average molecular weight is 172 g/mol. The Hall–Kier alpha value is -0.0800. The molecule has 0 atom stereocenters. The van der Waals surface area contributed by atoms with E-state index >= 15 is 0 Å². The van der Waals surface area contributed by atoms with E-state index in [0.29, 0.717) is 6.10 Å². The summed E-state index contributed by atoms with van der Waals surface area (Å²) in [4.78, 5) is 0. The van der Waals surface area contributed by atoms with Gasteiger partial charge in [0.1, 0.15) is 0 Å². The Morgan fingerprint density at radius 1 is 1.25 bits per heavy atom. The summed E-state index contributed by atoms with van der Waals surface area (Å²) in [6.07, 6.45) is 6.64. The topological polar surface area (TPSA) is 29.5 Å². The third-order valence-electron chi connectivity index (χ3n) is 2.42. The van der Waals surface area contributed by atoms with Crippen LogP contribution < -0.4 is 0 Å². The van der Waals surface area contributed by atoms with E-state index in [4.69, 9.17) is 9.84 Å². The largest absolute Gasteiger partial charge is 0.393 e. The smallest absolute Gasteiger partial charge is 0.0859 e. The molecule has 0 heterocycles. The van der Waals surface area contributed by atoms with Crippen molar-refractivity contribution in [3.63, 3.8) is 0 Å². The summed E-state index contributed by atoms with van der Waals surface area (Å²) < 4.78 is 5.78. The van der Waals surface area contributed by atoms with Gasteiger partial charge >= 0.3 is 0 Å². The van der Waals surface area contributed by atoms with Crippen LogP contribution in [0.3, 0.4) is 0 Å². The summed E-state index contributed by atoms with van der Waals surface area (Å²) in [6.45, 7) is 4.01. The van der Waals surface area contributed by atoms with Crippen LogP contribution in [-0.2, 0) is 4.74 Å². The zero-order valence-corrected chi connectivity index (χ0v) is 8.18. The molecule has 1 aliphatic rings. The maximum absolute atomic E-state index is 9.00. The van der Waals surface area contributed by atoms with Gasteiger partial charge in [-0.1, -0.05) is 19.3 Å². The van der Waals surface area contributed by atoms with Gasteiger partial charge in [0.2, 0.25) is 0 Å². The molecule has 1 fully saturated rings. The van der Waals surface area contributed by atoms with E-state index in [9.17, 15) is 0 Å². The maximum atomic E-state index is 9.00. The third kappa shape index (κ3) is 3.11. The first-order chi connectivity index (χ1) is 5.64. The van der Waals surface area contributed by atoms with E-state index in [1.54, 1.807) is 0 Å². The second-order valence-electron chi connectivity index (χ2n) is 4.30. The van der Waals surface area contributed by atoms with Gasteiger partial charge < -0.3 is 9.84 Å². The fraction of sp³-hybridized carbons (Fsp3) is 1.00. The van der Waals surface area contributed by atoms with Crippen LogP contribution in [0, 0.1) is 0 Å². The second kappa shape index (κ2) is 4.24. The maximum Gasteiger partial charge on any atom is 0.0859 e. The molecule has 12 heavy (non-hydrogen) atoms. The normalized spacial score (nSPS) is 21.2. The van der Waals surface area contributed by atoms with Gasteiger partial charge in [0.15, 0.2) is 0 Å². The van der Waals surface area contributed by atoms with Crippen molar-refractivity contribution in [3.05, 3.63) is 0 Å². The summed E-state index contributed by atoms with van der Waals surface area (Å²) in [7, 11) is 0.